The van der Waals surface area contributed by atoms with Crippen molar-refractivity contribution in [3.8, 4) is 5.75 Å². The molecule has 3 rings (SSSR count). The normalized spacial score (nSPS) is 10.6. The minimum Gasteiger partial charge on any atom is -0.497 e. The molecule has 0 atom stereocenters. The number of hydrogen-bond donors (Lipinski definition) is 1. The first-order chi connectivity index (χ1) is 11.3. The second-order valence-corrected chi connectivity index (χ2v) is 5.33. The average molecular weight is 304 g/mol. The SMILES string of the molecule is COc1ccc(N(N)C(c2ccccc2)c2ccccc2)cc1. The molecule has 3 aromatic carbocycles. The summed E-state index contributed by atoms with van der Waals surface area (Å²) in [6, 6.07) is 28.3. The highest BCUT2D eigenvalue weighted by Gasteiger charge is 2.20. The summed E-state index contributed by atoms with van der Waals surface area (Å²) in [7, 11) is 1.66. The van der Waals surface area contributed by atoms with E-state index in [1.54, 1.807) is 12.1 Å². The maximum atomic E-state index is 6.49. The number of ether oxygens (including phenoxy) is 1. The van der Waals surface area contributed by atoms with E-state index < -0.39 is 0 Å². The Kier molecular flexibility index (Phi) is 4.60. The molecule has 3 heteroatoms. The van der Waals surface area contributed by atoms with Gasteiger partial charge in [-0.3, -0.25) is 5.01 Å². The van der Waals surface area contributed by atoms with Gasteiger partial charge in [0.05, 0.1) is 18.8 Å². The molecular formula is C20H20N2O. The lowest BCUT2D eigenvalue weighted by molar-refractivity contribution is 0.415. The smallest absolute Gasteiger partial charge is 0.119 e. The van der Waals surface area contributed by atoms with Crippen LogP contribution in [-0.2, 0) is 0 Å². The van der Waals surface area contributed by atoms with Crippen LogP contribution in [0.15, 0.2) is 84.9 Å². The van der Waals surface area contributed by atoms with Crippen LogP contribution in [0.2, 0.25) is 0 Å². The van der Waals surface area contributed by atoms with E-state index in [0.29, 0.717) is 0 Å². The minimum absolute atomic E-state index is 0.0502. The number of rotatable bonds is 5. The quantitative estimate of drug-likeness (QED) is 0.568. The molecule has 0 amide bonds. The summed E-state index contributed by atoms with van der Waals surface area (Å²) in [6.07, 6.45) is 0. The fraction of sp³-hybridized carbons (Fsp3) is 0.100. The van der Waals surface area contributed by atoms with Gasteiger partial charge >= 0.3 is 0 Å². The van der Waals surface area contributed by atoms with Crippen LogP contribution < -0.4 is 15.6 Å². The Hall–Kier alpha value is -2.78. The standard InChI is InChI=1S/C20H20N2O/c1-23-19-14-12-18(13-15-19)22(21)20(16-8-4-2-5-9-16)17-10-6-3-7-11-17/h2-15,20H,21H2,1H3. The van der Waals surface area contributed by atoms with Gasteiger partial charge in [0, 0.05) is 0 Å². The van der Waals surface area contributed by atoms with Gasteiger partial charge in [0.15, 0.2) is 0 Å². The zero-order chi connectivity index (χ0) is 16.1. The topological polar surface area (TPSA) is 38.5 Å². The van der Waals surface area contributed by atoms with E-state index in [-0.39, 0.29) is 6.04 Å². The van der Waals surface area contributed by atoms with Crippen LogP contribution in [-0.4, -0.2) is 7.11 Å². The first kappa shape index (κ1) is 15.1. The summed E-state index contributed by atoms with van der Waals surface area (Å²) in [5, 5.41) is 1.80. The highest BCUT2D eigenvalue weighted by Crippen LogP contribution is 2.31. The van der Waals surface area contributed by atoms with Crippen LogP contribution >= 0.6 is 0 Å². The van der Waals surface area contributed by atoms with Crippen molar-refractivity contribution in [2.75, 3.05) is 12.1 Å². The summed E-state index contributed by atoms with van der Waals surface area (Å²) in [5.74, 6) is 7.31. The number of hydrazine groups is 1. The van der Waals surface area contributed by atoms with Crippen molar-refractivity contribution in [1.82, 2.24) is 0 Å². The van der Waals surface area contributed by atoms with E-state index in [2.05, 4.69) is 24.3 Å². The van der Waals surface area contributed by atoms with Crippen molar-refractivity contribution in [2.45, 2.75) is 6.04 Å². The molecule has 0 bridgehead atoms. The molecule has 0 fully saturated rings. The van der Waals surface area contributed by atoms with Gasteiger partial charge in [0.25, 0.3) is 0 Å². The molecule has 0 aliphatic heterocycles. The van der Waals surface area contributed by atoms with E-state index in [9.17, 15) is 0 Å². The fourth-order valence-electron chi connectivity index (χ4n) is 2.69. The zero-order valence-electron chi connectivity index (χ0n) is 13.1. The Bertz CT molecular complexity index is 687. The Morgan fingerprint density at radius 1 is 0.739 bits per heavy atom. The zero-order valence-corrected chi connectivity index (χ0v) is 13.1. The van der Waals surface area contributed by atoms with E-state index in [1.807, 2.05) is 60.7 Å². The second-order valence-electron chi connectivity index (χ2n) is 5.33. The van der Waals surface area contributed by atoms with Gasteiger partial charge in [-0.25, -0.2) is 5.84 Å². The lowest BCUT2D eigenvalue weighted by Gasteiger charge is -2.30. The molecule has 0 saturated carbocycles. The largest absolute Gasteiger partial charge is 0.497 e. The Balaban J connectivity index is 2.00. The lowest BCUT2D eigenvalue weighted by atomic mass is 9.98. The fourth-order valence-corrected chi connectivity index (χ4v) is 2.69. The average Bonchev–Trinajstić information content (AvgIpc) is 2.64. The molecule has 0 spiro atoms. The predicted octanol–water partition coefficient (Wildman–Crippen LogP) is 4.16. The van der Waals surface area contributed by atoms with E-state index in [0.717, 1.165) is 22.6 Å². The van der Waals surface area contributed by atoms with Gasteiger partial charge in [-0.2, -0.15) is 0 Å². The molecule has 0 unspecified atom stereocenters. The van der Waals surface area contributed by atoms with Gasteiger partial charge in [-0.05, 0) is 35.4 Å². The van der Waals surface area contributed by atoms with E-state index in [4.69, 9.17) is 10.6 Å². The Labute approximate surface area is 136 Å². The van der Waals surface area contributed by atoms with Crippen molar-refractivity contribution >= 4 is 5.69 Å². The van der Waals surface area contributed by atoms with Gasteiger partial charge < -0.3 is 4.74 Å². The number of methoxy groups -OCH3 is 1. The van der Waals surface area contributed by atoms with Crippen molar-refractivity contribution < 1.29 is 4.74 Å². The summed E-state index contributed by atoms with van der Waals surface area (Å²) in [5.41, 5.74) is 3.23. The van der Waals surface area contributed by atoms with Crippen LogP contribution in [0, 0.1) is 0 Å². The predicted molar refractivity (Wildman–Crippen MR) is 94.4 cm³/mol. The molecule has 0 saturated heterocycles. The highest BCUT2D eigenvalue weighted by atomic mass is 16.5. The monoisotopic (exact) mass is 304 g/mol. The number of anilines is 1. The molecule has 3 aromatic rings. The van der Waals surface area contributed by atoms with Crippen molar-refractivity contribution in [3.63, 3.8) is 0 Å². The van der Waals surface area contributed by atoms with Crippen LogP contribution in [0.5, 0.6) is 5.75 Å². The summed E-state index contributed by atoms with van der Waals surface area (Å²) in [4.78, 5) is 0. The van der Waals surface area contributed by atoms with Crippen molar-refractivity contribution in [3.05, 3.63) is 96.1 Å². The number of nitrogens with two attached hydrogens (primary N) is 1. The minimum atomic E-state index is -0.0502. The van der Waals surface area contributed by atoms with E-state index >= 15 is 0 Å². The van der Waals surface area contributed by atoms with Gasteiger partial charge in [-0.1, -0.05) is 60.7 Å². The maximum Gasteiger partial charge on any atom is 0.119 e. The van der Waals surface area contributed by atoms with Crippen molar-refractivity contribution in [1.29, 1.82) is 0 Å². The van der Waals surface area contributed by atoms with Crippen LogP contribution in [0.3, 0.4) is 0 Å². The molecule has 3 nitrogen and oxygen atoms in total. The maximum absolute atomic E-state index is 6.49. The molecule has 0 aromatic heterocycles. The summed E-state index contributed by atoms with van der Waals surface area (Å²) >= 11 is 0. The second kappa shape index (κ2) is 6.99. The molecule has 116 valence electrons. The summed E-state index contributed by atoms with van der Waals surface area (Å²) in [6.45, 7) is 0. The number of benzene rings is 3. The number of nitrogens with zero attached hydrogens (tertiary/aromatic N) is 1. The third-order valence-corrected chi connectivity index (χ3v) is 3.88. The first-order valence-electron chi connectivity index (χ1n) is 7.57. The van der Waals surface area contributed by atoms with Gasteiger partial charge in [0.1, 0.15) is 5.75 Å². The molecule has 2 N–H and O–H groups in total. The molecule has 0 aliphatic rings. The van der Waals surface area contributed by atoms with Crippen LogP contribution in [0.1, 0.15) is 17.2 Å². The number of hydrogen-bond acceptors (Lipinski definition) is 3. The molecule has 23 heavy (non-hydrogen) atoms. The van der Waals surface area contributed by atoms with Crippen LogP contribution in [0.4, 0.5) is 5.69 Å². The van der Waals surface area contributed by atoms with Crippen molar-refractivity contribution in [2.24, 2.45) is 5.84 Å². The third kappa shape index (κ3) is 3.35. The van der Waals surface area contributed by atoms with Gasteiger partial charge in [0.2, 0.25) is 0 Å². The van der Waals surface area contributed by atoms with Gasteiger partial charge in [-0.15, -0.1) is 0 Å². The molecule has 0 radical (unpaired) electrons. The van der Waals surface area contributed by atoms with E-state index in [1.165, 1.54) is 0 Å². The highest BCUT2D eigenvalue weighted by molar-refractivity contribution is 5.52. The van der Waals surface area contributed by atoms with Crippen LogP contribution in [0.25, 0.3) is 0 Å². The Morgan fingerprint density at radius 3 is 1.65 bits per heavy atom. The summed E-state index contributed by atoms with van der Waals surface area (Å²) < 4.78 is 5.22. The third-order valence-electron chi connectivity index (χ3n) is 3.88. The lowest BCUT2D eigenvalue weighted by Crippen LogP contribution is -2.35. The first-order valence-corrected chi connectivity index (χ1v) is 7.57. The molecule has 0 aliphatic carbocycles. The molecular weight excluding hydrogens is 284 g/mol. The Morgan fingerprint density at radius 2 is 1.22 bits per heavy atom. The molecule has 0 heterocycles.